The fraction of sp³-hybridized carbons (Fsp3) is 0.333. The lowest BCUT2D eigenvalue weighted by molar-refractivity contribution is 0.0545. The van der Waals surface area contributed by atoms with Crippen molar-refractivity contribution in [3.05, 3.63) is 59.7 Å². The van der Waals surface area contributed by atoms with Crippen LogP contribution in [0.1, 0.15) is 17.5 Å². The summed E-state index contributed by atoms with van der Waals surface area (Å²) in [6.07, 6.45) is 1.48. The third-order valence-electron chi connectivity index (χ3n) is 3.94. The van der Waals surface area contributed by atoms with Crippen molar-refractivity contribution < 1.29 is 4.74 Å². The van der Waals surface area contributed by atoms with E-state index in [1.165, 1.54) is 22.3 Å². The molecule has 1 N–H and O–H groups in total. The Bertz CT molecular complexity index is 573. The summed E-state index contributed by atoms with van der Waals surface area (Å²) in [5, 5.41) is 3.34. The minimum absolute atomic E-state index is 0.361. The van der Waals surface area contributed by atoms with E-state index in [0.29, 0.717) is 12.7 Å². The maximum Gasteiger partial charge on any atom is 0.0727 e. The molecule has 1 heterocycles. The van der Waals surface area contributed by atoms with E-state index in [9.17, 15) is 0 Å². The summed E-state index contributed by atoms with van der Waals surface area (Å²) in [4.78, 5) is 0. The van der Waals surface area contributed by atoms with E-state index in [2.05, 4.69) is 60.8 Å². The van der Waals surface area contributed by atoms with Gasteiger partial charge in [0.05, 0.1) is 12.7 Å². The fourth-order valence-corrected chi connectivity index (χ4v) is 2.76. The summed E-state index contributed by atoms with van der Waals surface area (Å²) in [7, 11) is 0. The first-order valence-electron chi connectivity index (χ1n) is 7.31. The molecule has 1 unspecified atom stereocenters. The molecular weight excluding hydrogens is 246 g/mol. The van der Waals surface area contributed by atoms with Gasteiger partial charge in [-0.05, 0) is 42.1 Å². The molecule has 20 heavy (non-hydrogen) atoms. The zero-order valence-electron chi connectivity index (χ0n) is 11.9. The van der Waals surface area contributed by atoms with Crippen LogP contribution in [0.4, 0.5) is 0 Å². The number of rotatable bonds is 4. The number of ether oxygens (including phenoxy) is 1. The van der Waals surface area contributed by atoms with E-state index in [4.69, 9.17) is 4.74 Å². The minimum Gasteiger partial charge on any atom is -0.372 e. The van der Waals surface area contributed by atoms with Crippen molar-refractivity contribution in [2.75, 3.05) is 13.1 Å². The average molecular weight is 267 g/mol. The second-order valence-electron chi connectivity index (χ2n) is 5.40. The van der Waals surface area contributed by atoms with Crippen molar-refractivity contribution in [1.82, 2.24) is 5.32 Å². The van der Waals surface area contributed by atoms with Gasteiger partial charge in [0.25, 0.3) is 0 Å². The maximum absolute atomic E-state index is 6.03. The Morgan fingerprint density at radius 2 is 1.80 bits per heavy atom. The van der Waals surface area contributed by atoms with Crippen LogP contribution in [0.3, 0.4) is 0 Å². The van der Waals surface area contributed by atoms with Crippen molar-refractivity contribution >= 4 is 0 Å². The SMILES string of the molecule is Cc1ccccc1-c1ccccc1COC1CCNC1. The van der Waals surface area contributed by atoms with Gasteiger partial charge in [0.15, 0.2) is 0 Å². The van der Waals surface area contributed by atoms with Gasteiger partial charge >= 0.3 is 0 Å². The molecule has 0 radical (unpaired) electrons. The third-order valence-corrected chi connectivity index (χ3v) is 3.94. The predicted octanol–water partition coefficient (Wildman–Crippen LogP) is 3.54. The molecule has 1 saturated heterocycles. The zero-order chi connectivity index (χ0) is 13.8. The number of nitrogens with one attached hydrogen (secondary N) is 1. The van der Waals surface area contributed by atoms with Crippen LogP contribution in [-0.4, -0.2) is 19.2 Å². The predicted molar refractivity (Wildman–Crippen MR) is 82.7 cm³/mol. The van der Waals surface area contributed by atoms with Gasteiger partial charge in [0.2, 0.25) is 0 Å². The molecule has 1 atom stereocenters. The molecule has 0 saturated carbocycles. The first-order chi connectivity index (χ1) is 9.84. The van der Waals surface area contributed by atoms with E-state index in [1.807, 2.05) is 0 Å². The number of hydrogen-bond donors (Lipinski definition) is 1. The van der Waals surface area contributed by atoms with Crippen LogP contribution in [0, 0.1) is 6.92 Å². The summed E-state index contributed by atoms with van der Waals surface area (Å²) in [6.45, 7) is 4.90. The Kier molecular flexibility index (Phi) is 4.14. The summed E-state index contributed by atoms with van der Waals surface area (Å²) in [5.74, 6) is 0. The van der Waals surface area contributed by atoms with Crippen LogP contribution in [0.15, 0.2) is 48.5 Å². The normalized spacial score (nSPS) is 18.4. The highest BCUT2D eigenvalue weighted by Gasteiger charge is 2.15. The third kappa shape index (κ3) is 2.92. The number of benzene rings is 2. The van der Waals surface area contributed by atoms with Crippen molar-refractivity contribution in [2.24, 2.45) is 0 Å². The van der Waals surface area contributed by atoms with Crippen molar-refractivity contribution in [3.63, 3.8) is 0 Å². The van der Waals surface area contributed by atoms with Crippen molar-refractivity contribution in [2.45, 2.75) is 26.1 Å². The van der Waals surface area contributed by atoms with E-state index < -0.39 is 0 Å². The molecule has 3 rings (SSSR count). The van der Waals surface area contributed by atoms with E-state index in [1.54, 1.807) is 0 Å². The molecule has 2 aromatic carbocycles. The smallest absolute Gasteiger partial charge is 0.0727 e. The second-order valence-corrected chi connectivity index (χ2v) is 5.40. The largest absolute Gasteiger partial charge is 0.372 e. The highest BCUT2D eigenvalue weighted by molar-refractivity contribution is 5.70. The molecule has 104 valence electrons. The van der Waals surface area contributed by atoms with Gasteiger partial charge in [-0.1, -0.05) is 48.5 Å². The minimum atomic E-state index is 0.361. The summed E-state index contributed by atoms with van der Waals surface area (Å²) in [5.41, 5.74) is 5.17. The summed E-state index contributed by atoms with van der Waals surface area (Å²) >= 11 is 0. The van der Waals surface area contributed by atoms with E-state index in [0.717, 1.165) is 19.5 Å². The Balaban J connectivity index is 1.82. The Hall–Kier alpha value is -1.64. The quantitative estimate of drug-likeness (QED) is 0.915. The Morgan fingerprint density at radius 3 is 2.55 bits per heavy atom. The molecule has 0 spiro atoms. The lowest BCUT2D eigenvalue weighted by atomic mass is 9.96. The Morgan fingerprint density at radius 1 is 1.05 bits per heavy atom. The lowest BCUT2D eigenvalue weighted by Crippen LogP contribution is -2.16. The van der Waals surface area contributed by atoms with E-state index in [-0.39, 0.29) is 0 Å². The molecule has 0 bridgehead atoms. The van der Waals surface area contributed by atoms with Crippen molar-refractivity contribution in [3.8, 4) is 11.1 Å². The Labute approximate surface area is 120 Å². The van der Waals surface area contributed by atoms with E-state index >= 15 is 0 Å². The van der Waals surface area contributed by atoms with Crippen LogP contribution >= 0.6 is 0 Å². The van der Waals surface area contributed by atoms with Crippen LogP contribution in [0.25, 0.3) is 11.1 Å². The van der Waals surface area contributed by atoms with Crippen LogP contribution in [0.5, 0.6) is 0 Å². The van der Waals surface area contributed by atoms with Gasteiger partial charge in [0.1, 0.15) is 0 Å². The highest BCUT2D eigenvalue weighted by atomic mass is 16.5. The molecular formula is C18H21NO. The average Bonchev–Trinajstić information content (AvgIpc) is 2.99. The maximum atomic E-state index is 6.03. The molecule has 0 aromatic heterocycles. The topological polar surface area (TPSA) is 21.3 Å². The standard InChI is InChI=1S/C18H21NO/c1-14-6-2-4-8-17(14)18-9-5-3-7-15(18)13-20-16-10-11-19-12-16/h2-9,16,19H,10-13H2,1H3. The second kappa shape index (κ2) is 6.21. The monoisotopic (exact) mass is 267 g/mol. The lowest BCUT2D eigenvalue weighted by Gasteiger charge is -2.15. The van der Waals surface area contributed by atoms with Gasteiger partial charge in [-0.3, -0.25) is 0 Å². The van der Waals surface area contributed by atoms with Gasteiger partial charge < -0.3 is 10.1 Å². The molecule has 1 aliphatic heterocycles. The van der Waals surface area contributed by atoms with Crippen LogP contribution in [0.2, 0.25) is 0 Å². The van der Waals surface area contributed by atoms with Crippen LogP contribution < -0.4 is 5.32 Å². The molecule has 2 heteroatoms. The summed E-state index contributed by atoms with van der Waals surface area (Å²) < 4.78 is 6.03. The van der Waals surface area contributed by atoms with Gasteiger partial charge in [0, 0.05) is 6.54 Å². The molecule has 2 nitrogen and oxygen atoms in total. The molecule has 1 fully saturated rings. The van der Waals surface area contributed by atoms with Crippen molar-refractivity contribution in [1.29, 1.82) is 0 Å². The molecule has 2 aromatic rings. The van der Waals surface area contributed by atoms with Gasteiger partial charge in [-0.2, -0.15) is 0 Å². The first-order valence-corrected chi connectivity index (χ1v) is 7.31. The van der Waals surface area contributed by atoms with Gasteiger partial charge in [-0.15, -0.1) is 0 Å². The first kappa shape index (κ1) is 13.3. The van der Waals surface area contributed by atoms with Crippen LogP contribution in [-0.2, 0) is 11.3 Å². The molecule has 0 amide bonds. The fourth-order valence-electron chi connectivity index (χ4n) is 2.76. The number of hydrogen-bond acceptors (Lipinski definition) is 2. The number of aryl methyl sites for hydroxylation is 1. The highest BCUT2D eigenvalue weighted by Crippen LogP contribution is 2.27. The zero-order valence-corrected chi connectivity index (χ0v) is 11.9. The summed E-state index contributed by atoms with van der Waals surface area (Å²) in [6, 6.07) is 17.1. The molecule has 0 aliphatic carbocycles. The molecule has 1 aliphatic rings. The van der Waals surface area contributed by atoms with Gasteiger partial charge in [-0.25, -0.2) is 0 Å².